The molecule has 0 bridgehead atoms. The van der Waals surface area contributed by atoms with E-state index in [1.54, 1.807) is 40.1 Å². The predicted octanol–water partition coefficient (Wildman–Crippen LogP) is 8.28. The molecule has 1 N–H and O–H groups in total. The average molecular weight is 457 g/mol. The van der Waals surface area contributed by atoms with Gasteiger partial charge in [-0.1, -0.05) is 6.07 Å². The van der Waals surface area contributed by atoms with Crippen LogP contribution in [0.2, 0.25) is 0 Å². The highest BCUT2D eigenvalue weighted by molar-refractivity contribution is 7.18. The second-order valence-corrected chi connectivity index (χ2v) is 11.8. The summed E-state index contributed by atoms with van der Waals surface area (Å²) in [4.78, 5) is 20.0. The van der Waals surface area contributed by atoms with Crippen LogP contribution in [0.3, 0.4) is 0 Å². The summed E-state index contributed by atoms with van der Waals surface area (Å²) in [7, 11) is 0. The highest BCUT2D eigenvalue weighted by Gasteiger charge is 2.20. The smallest absolute Gasteiger partial charge is 0.199 e. The summed E-state index contributed by atoms with van der Waals surface area (Å²) in [6.07, 6.45) is 1.34. The fourth-order valence-corrected chi connectivity index (χ4v) is 7.09. The Labute approximate surface area is 186 Å². The first-order valence-corrected chi connectivity index (χ1v) is 12.4. The molecule has 148 valence electrons. The van der Waals surface area contributed by atoms with E-state index < -0.39 is 0 Å². The number of thiophene rings is 4. The van der Waals surface area contributed by atoms with Gasteiger partial charge in [0.2, 0.25) is 0 Å². The van der Waals surface area contributed by atoms with E-state index in [1.807, 2.05) is 17.5 Å². The Hall–Kier alpha value is -1.99. The lowest BCUT2D eigenvalue weighted by molar-refractivity contribution is 0.105. The van der Waals surface area contributed by atoms with Crippen LogP contribution in [0.5, 0.6) is 0 Å². The molecule has 4 rings (SSSR count). The van der Waals surface area contributed by atoms with Crippen molar-refractivity contribution < 1.29 is 9.90 Å². The van der Waals surface area contributed by atoms with E-state index in [0.29, 0.717) is 9.75 Å². The first-order chi connectivity index (χ1) is 13.8. The molecule has 0 aromatic carbocycles. The lowest BCUT2D eigenvalue weighted by Gasteiger charge is -2.03. The van der Waals surface area contributed by atoms with Crippen LogP contribution in [-0.4, -0.2) is 10.9 Å². The summed E-state index contributed by atoms with van der Waals surface area (Å²) >= 11 is 6.49. The van der Waals surface area contributed by atoms with E-state index >= 15 is 0 Å². The summed E-state index contributed by atoms with van der Waals surface area (Å²) in [5, 5.41) is 12.6. The maximum absolute atomic E-state index is 12.4. The molecule has 0 unspecified atom stereocenters. The Bertz CT molecular complexity index is 1150. The number of rotatable bonds is 5. The molecule has 0 amide bonds. The number of carbonyl (C=O) groups excluding carboxylic acids is 1. The minimum atomic E-state index is -0.167. The molecule has 0 saturated heterocycles. The van der Waals surface area contributed by atoms with Crippen molar-refractivity contribution in [2.45, 2.75) is 27.7 Å². The second kappa shape index (κ2) is 8.03. The molecule has 6 heteroatoms. The number of ketones is 1. The zero-order valence-corrected chi connectivity index (χ0v) is 19.8. The fraction of sp³-hybridized carbons (Fsp3) is 0.174. The van der Waals surface area contributed by atoms with E-state index in [4.69, 9.17) is 0 Å². The van der Waals surface area contributed by atoms with E-state index in [0.717, 1.165) is 10.4 Å². The van der Waals surface area contributed by atoms with Gasteiger partial charge in [0.25, 0.3) is 0 Å². The van der Waals surface area contributed by atoms with Gasteiger partial charge in [-0.25, -0.2) is 0 Å². The van der Waals surface area contributed by atoms with Crippen molar-refractivity contribution in [2.24, 2.45) is 0 Å². The molecule has 0 aliphatic heterocycles. The van der Waals surface area contributed by atoms with Crippen molar-refractivity contribution in [2.75, 3.05) is 0 Å². The Morgan fingerprint density at radius 3 is 2.07 bits per heavy atom. The molecule has 4 heterocycles. The molecule has 4 aromatic rings. The summed E-state index contributed by atoms with van der Waals surface area (Å²) < 4.78 is 0. The van der Waals surface area contributed by atoms with Gasteiger partial charge in [-0.3, -0.25) is 4.79 Å². The standard InChI is InChI=1S/C23H20O2S4/c1-12-8-16(14(3)27-12)18-10-22(20(25)11-19(24)21-6-5-7-26-21)29-23(18)17-9-13(2)28-15(17)4/h5-11,25H,1-4H3/b20-11-. The van der Waals surface area contributed by atoms with Gasteiger partial charge in [-0.05, 0) is 62.9 Å². The van der Waals surface area contributed by atoms with Gasteiger partial charge in [0.05, 0.1) is 9.75 Å². The number of aliphatic hydroxyl groups is 1. The third kappa shape index (κ3) is 4.03. The van der Waals surface area contributed by atoms with Crippen molar-refractivity contribution in [1.29, 1.82) is 0 Å². The molecule has 0 atom stereocenters. The Morgan fingerprint density at radius 1 is 0.862 bits per heavy atom. The molecule has 0 aliphatic rings. The molecule has 4 aromatic heterocycles. The van der Waals surface area contributed by atoms with Crippen molar-refractivity contribution in [3.8, 4) is 21.6 Å². The molecule has 0 radical (unpaired) electrons. The maximum Gasteiger partial charge on any atom is 0.199 e. The molecule has 0 fully saturated rings. The normalized spacial score (nSPS) is 11.9. The van der Waals surface area contributed by atoms with Crippen LogP contribution in [0.1, 0.15) is 34.1 Å². The summed E-state index contributed by atoms with van der Waals surface area (Å²) in [6.45, 7) is 8.51. The van der Waals surface area contributed by atoms with E-state index in [-0.39, 0.29) is 11.5 Å². The Balaban J connectivity index is 1.84. The van der Waals surface area contributed by atoms with Crippen molar-refractivity contribution in [3.05, 3.63) is 71.1 Å². The van der Waals surface area contributed by atoms with Crippen LogP contribution in [0.25, 0.3) is 27.3 Å². The third-order valence-electron chi connectivity index (χ3n) is 4.63. The number of aliphatic hydroxyl groups excluding tert-OH is 1. The molecule has 0 spiro atoms. The minimum absolute atomic E-state index is 0.0232. The van der Waals surface area contributed by atoms with Crippen LogP contribution >= 0.6 is 45.3 Å². The van der Waals surface area contributed by atoms with Gasteiger partial charge in [0.1, 0.15) is 5.76 Å². The fourth-order valence-electron chi connectivity index (χ4n) is 3.36. The lowest BCUT2D eigenvalue weighted by atomic mass is 10.0. The second-order valence-electron chi connectivity index (χ2n) is 6.88. The van der Waals surface area contributed by atoms with Gasteiger partial charge >= 0.3 is 0 Å². The molecular formula is C23H20O2S4. The van der Waals surface area contributed by atoms with Gasteiger partial charge in [0.15, 0.2) is 5.78 Å². The monoisotopic (exact) mass is 456 g/mol. The van der Waals surface area contributed by atoms with E-state index in [2.05, 4.69) is 39.8 Å². The van der Waals surface area contributed by atoms with Crippen LogP contribution in [0.15, 0.2) is 41.8 Å². The maximum atomic E-state index is 12.4. The Kier molecular flexibility index (Phi) is 5.62. The number of allylic oxidation sites excluding steroid dienone is 1. The number of hydrogen-bond donors (Lipinski definition) is 1. The van der Waals surface area contributed by atoms with E-state index in [1.165, 1.54) is 48.0 Å². The van der Waals surface area contributed by atoms with Crippen LogP contribution in [0, 0.1) is 27.7 Å². The number of aryl methyl sites for hydroxylation is 4. The summed E-state index contributed by atoms with van der Waals surface area (Å²) in [6, 6.07) is 10.1. The third-order valence-corrected chi connectivity index (χ3v) is 8.64. The predicted molar refractivity (Wildman–Crippen MR) is 129 cm³/mol. The first-order valence-electron chi connectivity index (χ1n) is 9.11. The lowest BCUT2D eigenvalue weighted by Crippen LogP contribution is -1.92. The molecule has 29 heavy (non-hydrogen) atoms. The quantitative estimate of drug-likeness (QED) is 0.186. The van der Waals surface area contributed by atoms with Crippen molar-refractivity contribution in [1.82, 2.24) is 0 Å². The van der Waals surface area contributed by atoms with Gasteiger partial charge in [-0.2, -0.15) is 0 Å². The van der Waals surface area contributed by atoms with Crippen LogP contribution in [0.4, 0.5) is 0 Å². The van der Waals surface area contributed by atoms with E-state index in [9.17, 15) is 9.90 Å². The zero-order chi connectivity index (χ0) is 20.7. The topological polar surface area (TPSA) is 37.3 Å². The highest BCUT2D eigenvalue weighted by atomic mass is 32.1. The summed E-state index contributed by atoms with van der Waals surface area (Å²) in [5.74, 6) is -0.144. The van der Waals surface area contributed by atoms with Crippen molar-refractivity contribution >= 4 is 56.9 Å². The SMILES string of the molecule is Cc1cc(-c2cc(/C(O)=C/C(=O)c3cccs3)sc2-c2cc(C)sc2C)c(C)s1. The highest BCUT2D eigenvalue weighted by Crippen LogP contribution is 2.46. The van der Waals surface area contributed by atoms with Crippen molar-refractivity contribution in [3.63, 3.8) is 0 Å². The molecule has 2 nitrogen and oxygen atoms in total. The van der Waals surface area contributed by atoms with Gasteiger partial charge in [-0.15, -0.1) is 45.3 Å². The van der Waals surface area contributed by atoms with Crippen LogP contribution in [-0.2, 0) is 0 Å². The summed E-state index contributed by atoms with van der Waals surface area (Å²) in [5.41, 5.74) is 3.53. The molecular weight excluding hydrogens is 437 g/mol. The van der Waals surface area contributed by atoms with Gasteiger partial charge in [0, 0.05) is 41.6 Å². The largest absolute Gasteiger partial charge is 0.506 e. The number of hydrogen-bond acceptors (Lipinski definition) is 6. The Morgan fingerprint density at radius 2 is 1.52 bits per heavy atom. The van der Waals surface area contributed by atoms with Crippen LogP contribution < -0.4 is 0 Å². The molecule has 0 saturated carbocycles. The van der Waals surface area contributed by atoms with Gasteiger partial charge < -0.3 is 5.11 Å². The molecule has 0 aliphatic carbocycles. The minimum Gasteiger partial charge on any atom is -0.506 e. The zero-order valence-electron chi connectivity index (χ0n) is 16.5. The number of carbonyl (C=O) groups is 1. The average Bonchev–Trinajstić information content (AvgIpc) is 3.42. The first kappa shape index (κ1) is 20.3.